The molecule has 0 aliphatic rings. The first-order valence-electron chi connectivity index (χ1n) is 6.24. The first kappa shape index (κ1) is 15.6. The summed E-state index contributed by atoms with van der Waals surface area (Å²) in [5, 5.41) is 14.2. The van der Waals surface area contributed by atoms with Gasteiger partial charge in [-0.2, -0.15) is 13.5 Å². The number of nitro benzene ring substituents is 1. The first-order chi connectivity index (χ1) is 10.4. The highest BCUT2D eigenvalue weighted by atomic mass is 32.2. The Morgan fingerprint density at radius 2 is 1.86 bits per heavy atom. The number of non-ortho nitro benzene ring substituents is 1. The molecular weight excluding hydrogens is 306 g/mol. The summed E-state index contributed by atoms with van der Waals surface area (Å²) in [7, 11) is -3.85. The van der Waals surface area contributed by atoms with Crippen LogP contribution in [0.3, 0.4) is 0 Å². The Balaban J connectivity index is 2.12. The van der Waals surface area contributed by atoms with Crippen LogP contribution in [-0.2, 0) is 10.0 Å². The predicted molar refractivity (Wildman–Crippen MR) is 82.2 cm³/mol. The molecule has 1 N–H and O–H groups in total. The van der Waals surface area contributed by atoms with Crippen LogP contribution < -0.4 is 4.83 Å². The Morgan fingerprint density at radius 3 is 2.45 bits per heavy atom. The zero-order valence-corrected chi connectivity index (χ0v) is 12.4. The molecule has 0 aliphatic carbocycles. The highest BCUT2D eigenvalue weighted by Crippen LogP contribution is 2.15. The van der Waals surface area contributed by atoms with Gasteiger partial charge in [0.25, 0.3) is 15.7 Å². The summed E-state index contributed by atoms with van der Waals surface area (Å²) < 4.78 is 24.0. The zero-order chi connectivity index (χ0) is 16.2. The quantitative estimate of drug-likeness (QED) is 0.518. The van der Waals surface area contributed by atoms with Gasteiger partial charge in [0.2, 0.25) is 0 Å². The van der Waals surface area contributed by atoms with Crippen molar-refractivity contribution in [2.45, 2.75) is 11.8 Å². The van der Waals surface area contributed by atoms with E-state index in [9.17, 15) is 18.5 Å². The van der Waals surface area contributed by atoms with E-state index in [2.05, 4.69) is 9.93 Å². The van der Waals surface area contributed by atoms with E-state index in [1.165, 1.54) is 6.21 Å². The maximum atomic E-state index is 12.0. The molecule has 0 aromatic heterocycles. The van der Waals surface area contributed by atoms with Crippen LogP contribution in [0, 0.1) is 17.0 Å². The van der Waals surface area contributed by atoms with Gasteiger partial charge in [0.1, 0.15) is 0 Å². The minimum atomic E-state index is -3.85. The second-order valence-electron chi connectivity index (χ2n) is 4.52. The normalized spacial score (nSPS) is 11.5. The number of sulfonamides is 1. The third-order valence-corrected chi connectivity index (χ3v) is 4.03. The number of nitrogens with one attached hydrogen (secondary N) is 1. The van der Waals surface area contributed by atoms with Crippen molar-refractivity contribution in [1.82, 2.24) is 4.83 Å². The first-order valence-corrected chi connectivity index (χ1v) is 7.73. The number of nitrogens with zero attached hydrogens (tertiary/aromatic N) is 2. The van der Waals surface area contributed by atoms with Gasteiger partial charge in [-0.05, 0) is 24.6 Å². The summed E-state index contributed by atoms with van der Waals surface area (Å²) in [6.45, 7) is 1.92. The molecule has 2 aromatic carbocycles. The fraction of sp³-hybridized carbons (Fsp3) is 0.0714. The molecule has 0 heterocycles. The molecule has 2 rings (SSSR count). The van der Waals surface area contributed by atoms with Crippen molar-refractivity contribution >= 4 is 21.9 Å². The average Bonchev–Trinajstić information content (AvgIpc) is 2.47. The van der Waals surface area contributed by atoms with E-state index in [-0.39, 0.29) is 10.6 Å². The van der Waals surface area contributed by atoms with Crippen LogP contribution in [0.1, 0.15) is 11.1 Å². The van der Waals surface area contributed by atoms with Gasteiger partial charge in [-0.3, -0.25) is 10.1 Å². The van der Waals surface area contributed by atoms with Crippen LogP contribution in [0.2, 0.25) is 0 Å². The molecular formula is C14H13N3O4S. The molecule has 8 heteroatoms. The second-order valence-corrected chi connectivity index (χ2v) is 6.18. The Kier molecular flexibility index (Phi) is 4.52. The molecule has 22 heavy (non-hydrogen) atoms. The van der Waals surface area contributed by atoms with Crippen molar-refractivity contribution in [3.8, 4) is 0 Å². The largest absolute Gasteiger partial charge is 0.276 e. The monoisotopic (exact) mass is 319 g/mol. The summed E-state index contributed by atoms with van der Waals surface area (Å²) >= 11 is 0. The molecule has 2 aromatic rings. The fourth-order valence-corrected chi connectivity index (χ4v) is 2.51. The molecule has 0 fully saturated rings. The maximum Gasteiger partial charge on any atom is 0.276 e. The van der Waals surface area contributed by atoms with Crippen LogP contribution in [0.5, 0.6) is 0 Å². The van der Waals surface area contributed by atoms with Crippen LogP contribution in [0.4, 0.5) is 5.69 Å². The predicted octanol–water partition coefficient (Wildman–Crippen LogP) is 2.22. The van der Waals surface area contributed by atoms with Gasteiger partial charge in [0, 0.05) is 12.1 Å². The number of rotatable bonds is 5. The highest BCUT2D eigenvalue weighted by molar-refractivity contribution is 7.89. The van der Waals surface area contributed by atoms with Crippen molar-refractivity contribution in [1.29, 1.82) is 0 Å². The number of benzene rings is 2. The molecule has 0 saturated carbocycles. The van der Waals surface area contributed by atoms with Gasteiger partial charge in [-0.15, -0.1) is 0 Å². The smallest absolute Gasteiger partial charge is 0.258 e. The maximum absolute atomic E-state index is 12.0. The third kappa shape index (κ3) is 3.89. The summed E-state index contributed by atoms with van der Waals surface area (Å²) in [6.07, 6.45) is 1.38. The minimum Gasteiger partial charge on any atom is -0.258 e. The SMILES string of the molecule is Cc1cccc(/C=N/NS(=O)(=O)c2ccc([N+](=O)[O-])cc2)c1. The molecule has 0 aliphatic heterocycles. The Labute approximate surface area is 127 Å². The minimum absolute atomic E-state index is 0.0977. The lowest BCUT2D eigenvalue weighted by atomic mass is 10.2. The summed E-state index contributed by atoms with van der Waals surface area (Å²) in [4.78, 5) is 11.9. The number of aryl methyl sites for hydroxylation is 1. The Morgan fingerprint density at radius 1 is 1.18 bits per heavy atom. The lowest BCUT2D eigenvalue weighted by Crippen LogP contribution is -2.18. The Hall–Kier alpha value is -2.74. The molecule has 0 spiro atoms. The lowest BCUT2D eigenvalue weighted by Gasteiger charge is -2.03. The van der Waals surface area contributed by atoms with E-state index in [1.807, 2.05) is 25.1 Å². The van der Waals surface area contributed by atoms with Gasteiger partial charge in [0.15, 0.2) is 0 Å². The van der Waals surface area contributed by atoms with Gasteiger partial charge >= 0.3 is 0 Å². The van der Waals surface area contributed by atoms with E-state index in [0.717, 1.165) is 35.4 Å². The summed E-state index contributed by atoms with van der Waals surface area (Å²) in [5.74, 6) is 0. The van der Waals surface area contributed by atoms with E-state index >= 15 is 0 Å². The summed E-state index contributed by atoms with van der Waals surface area (Å²) in [6, 6.07) is 11.9. The van der Waals surface area contributed by atoms with E-state index in [1.54, 1.807) is 6.07 Å². The number of hydrazone groups is 1. The molecule has 0 amide bonds. The van der Waals surface area contributed by atoms with Crippen LogP contribution in [-0.4, -0.2) is 19.6 Å². The molecule has 0 bridgehead atoms. The van der Waals surface area contributed by atoms with Crippen molar-refractivity contribution in [2.24, 2.45) is 5.10 Å². The fourth-order valence-electron chi connectivity index (χ4n) is 1.72. The van der Waals surface area contributed by atoms with Crippen LogP contribution >= 0.6 is 0 Å². The van der Waals surface area contributed by atoms with Crippen LogP contribution in [0.15, 0.2) is 58.5 Å². The van der Waals surface area contributed by atoms with Gasteiger partial charge in [0.05, 0.1) is 16.0 Å². The number of hydrogen-bond donors (Lipinski definition) is 1. The van der Waals surface area contributed by atoms with Gasteiger partial charge < -0.3 is 0 Å². The van der Waals surface area contributed by atoms with Crippen molar-refractivity contribution < 1.29 is 13.3 Å². The van der Waals surface area contributed by atoms with Gasteiger partial charge in [-0.1, -0.05) is 29.8 Å². The van der Waals surface area contributed by atoms with Crippen molar-refractivity contribution in [2.75, 3.05) is 0 Å². The Bertz CT molecular complexity index is 814. The molecule has 0 radical (unpaired) electrons. The number of hydrogen-bond acceptors (Lipinski definition) is 5. The molecule has 0 atom stereocenters. The van der Waals surface area contributed by atoms with E-state index in [0.29, 0.717) is 0 Å². The van der Waals surface area contributed by atoms with E-state index < -0.39 is 14.9 Å². The molecule has 7 nitrogen and oxygen atoms in total. The van der Waals surface area contributed by atoms with Crippen LogP contribution in [0.25, 0.3) is 0 Å². The topological polar surface area (TPSA) is 102 Å². The highest BCUT2D eigenvalue weighted by Gasteiger charge is 2.14. The molecule has 0 saturated heterocycles. The van der Waals surface area contributed by atoms with E-state index in [4.69, 9.17) is 0 Å². The average molecular weight is 319 g/mol. The molecule has 0 unspecified atom stereocenters. The lowest BCUT2D eigenvalue weighted by molar-refractivity contribution is -0.384. The van der Waals surface area contributed by atoms with Crippen molar-refractivity contribution in [3.63, 3.8) is 0 Å². The number of nitro groups is 1. The third-order valence-electron chi connectivity index (χ3n) is 2.79. The summed E-state index contributed by atoms with van der Waals surface area (Å²) in [5.41, 5.74) is 1.61. The molecule has 114 valence electrons. The second kappa shape index (κ2) is 6.35. The van der Waals surface area contributed by atoms with Gasteiger partial charge in [-0.25, -0.2) is 4.83 Å². The zero-order valence-electron chi connectivity index (χ0n) is 11.6. The standard InChI is InChI=1S/C14H13N3O4S/c1-11-3-2-4-12(9-11)10-15-16-22(20,21)14-7-5-13(6-8-14)17(18)19/h2-10,16H,1H3/b15-10+. The van der Waals surface area contributed by atoms with Crippen molar-refractivity contribution in [3.05, 3.63) is 69.8 Å².